The van der Waals surface area contributed by atoms with E-state index in [2.05, 4.69) is 61.8 Å². The van der Waals surface area contributed by atoms with Gasteiger partial charge in [-0.3, -0.25) is 14.6 Å². The molecular formula is C27H40N6O2. The maximum atomic E-state index is 13.3. The first-order valence-corrected chi connectivity index (χ1v) is 12.3. The van der Waals surface area contributed by atoms with Gasteiger partial charge in [-0.2, -0.15) is 0 Å². The van der Waals surface area contributed by atoms with E-state index in [9.17, 15) is 9.59 Å². The summed E-state index contributed by atoms with van der Waals surface area (Å²) in [5.41, 5.74) is 9.66. The second kappa shape index (κ2) is 10.5. The number of carbonyl (C=O) groups excluding carboxylic acids is 2. The van der Waals surface area contributed by atoms with Gasteiger partial charge < -0.3 is 25.8 Å². The van der Waals surface area contributed by atoms with Gasteiger partial charge in [-0.25, -0.2) is 0 Å². The second-order valence-corrected chi connectivity index (χ2v) is 10.4. The topological polar surface area (TPSA) is 94.3 Å². The molecule has 2 amide bonds. The Morgan fingerprint density at radius 3 is 2.40 bits per heavy atom. The van der Waals surface area contributed by atoms with Crippen molar-refractivity contribution in [3.05, 3.63) is 59.1 Å². The minimum atomic E-state index is -0.440. The molecule has 3 N–H and O–H groups in total. The molecule has 2 aliphatic heterocycles. The molecule has 1 fully saturated rings. The third kappa shape index (κ3) is 6.44. The second-order valence-electron chi connectivity index (χ2n) is 10.4. The molecule has 1 aromatic carbocycles. The molecule has 1 saturated heterocycles. The lowest BCUT2D eigenvalue weighted by atomic mass is 9.94. The van der Waals surface area contributed by atoms with Crippen molar-refractivity contribution in [3.8, 4) is 0 Å². The molecule has 3 rings (SSSR count). The van der Waals surface area contributed by atoms with Crippen molar-refractivity contribution >= 4 is 17.6 Å². The highest BCUT2D eigenvalue weighted by Crippen LogP contribution is 2.24. The van der Waals surface area contributed by atoms with Crippen molar-refractivity contribution in [1.82, 2.24) is 20.0 Å². The molecule has 1 aromatic rings. The molecule has 0 radical (unpaired) electrons. The normalized spacial score (nSPS) is 17.5. The summed E-state index contributed by atoms with van der Waals surface area (Å²) in [4.78, 5) is 35.5. The summed E-state index contributed by atoms with van der Waals surface area (Å²) < 4.78 is 0. The highest BCUT2D eigenvalue weighted by Gasteiger charge is 2.35. The van der Waals surface area contributed by atoms with Gasteiger partial charge in [0.25, 0.3) is 5.91 Å². The van der Waals surface area contributed by atoms with Gasteiger partial charge in [0.05, 0.1) is 17.9 Å². The number of nitrogens with one attached hydrogen (secondary N) is 1. The number of amidine groups is 1. The van der Waals surface area contributed by atoms with E-state index in [1.807, 2.05) is 18.7 Å². The average Bonchev–Trinajstić information content (AvgIpc) is 3.09. The summed E-state index contributed by atoms with van der Waals surface area (Å²) >= 11 is 0. The van der Waals surface area contributed by atoms with Crippen molar-refractivity contribution in [1.29, 1.82) is 0 Å². The van der Waals surface area contributed by atoms with Gasteiger partial charge >= 0.3 is 0 Å². The largest absolute Gasteiger partial charge is 0.384 e. The number of hydrogen-bond donors (Lipinski definition) is 2. The van der Waals surface area contributed by atoms with Gasteiger partial charge in [0, 0.05) is 44.7 Å². The van der Waals surface area contributed by atoms with E-state index in [0.717, 1.165) is 6.42 Å². The van der Waals surface area contributed by atoms with E-state index in [-0.39, 0.29) is 17.9 Å². The fourth-order valence-electron chi connectivity index (χ4n) is 4.62. The molecule has 2 aliphatic rings. The molecule has 0 atom stereocenters. The van der Waals surface area contributed by atoms with Gasteiger partial charge in [0.1, 0.15) is 11.5 Å². The fourth-order valence-corrected chi connectivity index (χ4v) is 4.62. The van der Waals surface area contributed by atoms with Crippen molar-refractivity contribution < 1.29 is 9.59 Å². The Balaban J connectivity index is 1.82. The summed E-state index contributed by atoms with van der Waals surface area (Å²) in [7, 11) is 0. The number of amides is 2. The zero-order chi connectivity index (χ0) is 25.9. The standard InChI is InChI=1S/C27H40N6O2/c1-18(2)33-17-23(25(28)30-27(6,7)16-22-10-8-9-19(3)15-22)24(26(33)35)29-20(4)31-11-13-32(14-12-31)21(5)34/h8-10,15,18,29H,4,11-14,16-17H2,1-3,5-7H3,(H2,28,30). The molecule has 0 aromatic heterocycles. The maximum absolute atomic E-state index is 13.3. The molecule has 35 heavy (non-hydrogen) atoms. The molecule has 0 spiro atoms. The number of hydrogen-bond acceptors (Lipinski definition) is 5. The Morgan fingerprint density at radius 1 is 1.20 bits per heavy atom. The molecule has 8 heteroatoms. The molecule has 2 heterocycles. The number of aliphatic imine (C=N–C) groups is 1. The van der Waals surface area contributed by atoms with Crippen molar-refractivity contribution in [2.75, 3.05) is 32.7 Å². The number of carbonyl (C=O) groups is 2. The number of aryl methyl sites for hydroxylation is 1. The van der Waals surface area contributed by atoms with Crippen LogP contribution in [0.25, 0.3) is 0 Å². The highest BCUT2D eigenvalue weighted by atomic mass is 16.2. The quantitative estimate of drug-likeness (QED) is 0.440. The summed E-state index contributed by atoms with van der Waals surface area (Å²) in [6.07, 6.45) is 0.737. The monoisotopic (exact) mass is 480 g/mol. The van der Waals surface area contributed by atoms with Crippen LogP contribution < -0.4 is 11.1 Å². The van der Waals surface area contributed by atoms with Gasteiger partial charge in [-0.05, 0) is 46.6 Å². The van der Waals surface area contributed by atoms with Gasteiger partial charge in [-0.15, -0.1) is 0 Å². The van der Waals surface area contributed by atoms with Crippen LogP contribution in [0.1, 0.15) is 45.7 Å². The SMILES string of the molecule is C=C(NC1=C(C(N)=NC(C)(C)Cc2cccc(C)c2)CN(C(C)C)C1=O)N1CCN(C(C)=O)CC1. The van der Waals surface area contributed by atoms with E-state index in [4.69, 9.17) is 10.7 Å². The van der Waals surface area contributed by atoms with Crippen molar-refractivity contribution in [3.63, 3.8) is 0 Å². The summed E-state index contributed by atoms with van der Waals surface area (Å²) in [5, 5.41) is 3.26. The van der Waals surface area contributed by atoms with Crippen LogP contribution in [-0.2, 0) is 16.0 Å². The van der Waals surface area contributed by atoms with E-state index in [0.29, 0.717) is 55.7 Å². The molecule has 8 nitrogen and oxygen atoms in total. The van der Waals surface area contributed by atoms with Gasteiger partial charge in [0.15, 0.2) is 0 Å². The molecule has 0 unspecified atom stereocenters. The Kier molecular flexibility index (Phi) is 7.93. The van der Waals surface area contributed by atoms with Crippen molar-refractivity contribution in [2.45, 2.75) is 59.5 Å². The van der Waals surface area contributed by atoms with Crippen LogP contribution in [0, 0.1) is 6.92 Å². The highest BCUT2D eigenvalue weighted by molar-refractivity contribution is 6.10. The molecule has 190 valence electrons. The number of rotatable bonds is 8. The lowest BCUT2D eigenvalue weighted by molar-refractivity contribution is -0.130. The van der Waals surface area contributed by atoms with Crippen LogP contribution in [0.3, 0.4) is 0 Å². The van der Waals surface area contributed by atoms with Crippen LogP contribution in [0.15, 0.2) is 52.9 Å². The lowest BCUT2D eigenvalue weighted by Crippen LogP contribution is -2.49. The number of benzene rings is 1. The minimum absolute atomic E-state index is 0.0253. The number of nitrogens with zero attached hydrogens (tertiary/aromatic N) is 4. The van der Waals surface area contributed by atoms with Crippen LogP contribution in [0.2, 0.25) is 0 Å². The fraction of sp³-hybridized carbons (Fsp3) is 0.519. The van der Waals surface area contributed by atoms with Gasteiger partial charge in [0.2, 0.25) is 5.91 Å². The van der Waals surface area contributed by atoms with E-state index in [1.165, 1.54) is 11.1 Å². The van der Waals surface area contributed by atoms with E-state index >= 15 is 0 Å². The van der Waals surface area contributed by atoms with Crippen molar-refractivity contribution in [2.24, 2.45) is 10.7 Å². The van der Waals surface area contributed by atoms with Crippen LogP contribution in [0.4, 0.5) is 0 Å². The Bertz CT molecular complexity index is 1050. The number of nitrogens with two attached hydrogens (primary N) is 1. The third-order valence-corrected chi connectivity index (χ3v) is 6.56. The smallest absolute Gasteiger partial charge is 0.271 e. The van der Waals surface area contributed by atoms with E-state index in [1.54, 1.807) is 11.8 Å². The number of piperazine rings is 1. The zero-order valence-corrected chi connectivity index (χ0v) is 22.0. The summed E-state index contributed by atoms with van der Waals surface area (Å²) in [6, 6.07) is 8.42. The first-order chi connectivity index (χ1) is 16.4. The minimum Gasteiger partial charge on any atom is -0.384 e. The Labute approximate surface area is 209 Å². The van der Waals surface area contributed by atoms with Crippen LogP contribution in [0.5, 0.6) is 0 Å². The molecular weight excluding hydrogens is 440 g/mol. The molecule has 0 bridgehead atoms. The first-order valence-electron chi connectivity index (χ1n) is 12.3. The van der Waals surface area contributed by atoms with Crippen LogP contribution >= 0.6 is 0 Å². The summed E-state index contributed by atoms with van der Waals surface area (Å²) in [5.74, 6) is 0.972. The zero-order valence-electron chi connectivity index (χ0n) is 22.0. The predicted octanol–water partition coefficient (Wildman–Crippen LogP) is 2.40. The molecule has 0 saturated carbocycles. The Morgan fingerprint density at radius 2 is 1.83 bits per heavy atom. The summed E-state index contributed by atoms with van der Waals surface area (Å²) in [6.45, 7) is 18.9. The first kappa shape index (κ1) is 26.3. The average molecular weight is 481 g/mol. The maximum Gasteiger partial charge on any atom is 0.271 e. The third-order valence-electron chi connectivity index (χ3n) is 6.56. The lowest BCUT2D eigenvalue weighted by Gasteiger charge is -2.36. The van der Waals surface area contributed by atoms with Crippen LogP contribution in [-0.4, -0.2) is 76.7 Å². The Hall–Kier alpha value is -3.29. The van der Waals surface area contributed by atoms with E-state index < -0.39 is 5.54 Å². The van der Waals surface area contributed by atoms with Gasteiger partial charge in [-0.1, -0.05) is 36.4 Å². The predicted molar refractivity (Wildman–Crippen MR) is 141 cm³/mol. The molecule has 0 aliphatic carbocycles.